The second kappa shape index (κ2) is 8.06. The number of rotatable bonds is 5. The summed E-state index contributed by atoms with van der Waals surface area (Å²) in [6.07, 6.45) is 0. The molecule has 0 atom stereocenters. The number of nitrogens with one attached hydrogen (secondary N) is 1. The molecule has 1 N–H and O–H groups in total. The van der Waals surface area contributed by atoms with Gasteiger partial charge in [0.15, 0.2) is 6.61 Å². The van der Waals surface area contributed by atoms with Gasteiger partial charge in [0.05, 0.1) is 20.6 Å². The van der Waals surface area contributed by atoms with Crippen molar-refractivity contribution in [3.63, 3.8) is 0 Å². The number of nitro groups is 1. The zero-order valence-corrected chi connectivity index (χ0v) is 17.3. The average molecular weight is 494 g/mol. The van der Waals surface area contributed by atoms with E-state index in [4.69, 9.17) is 4.74 Å². The Balaban J connectivity index is 1.72. The minimum absolute atomic E-state index is 0.0443. The number of fused-ring (bicyclic) bond motifs is 1. The molecule has 0 aliphatic carbocycles. The highest BCUT2D eigenvalue weighted by Crippen LogP contribution is 2.34. The van der Waals surface area contributed by atoms with Crippen molar-refractivity contribution in [2.45, 2.75) is 6.92 Å². The molecule has 3 aromatic carbocycles. The van der Waals surface area contributed by atoms with Gasteiger partial charge in [-0.2, -0.15) is 0 Å². The smallest absolute Gasteiger partial charge is 0.274 e. The van der Waals surface area contributed by atoms with Crippen molar-refractivity contribution in [3.8, 4) is 5.75 Å². The molecule has 6 nitrogen and oxygen atoms in total. The van der Waals surface area contributed by atoms with Crippen LogP contribution in [-0.4, -0.2) is 17.4 Å². The second-order valence-electron chi connectivity index (χ2n) is 5.79. The standard InChI is InChI=1S/C19H14Br2N2O4/c1-11-15(3-2-4-16(11)23(25)26)22-18(24)10-27-17-8-5-12-9-13(20)6-7-14(12)19(17)21/h2-9H,10H2,1H3,(H,22,24). The van der Waals surface area contributed by atoms with Crippen LogP contribution in [0.5, 0.6) is 5.75 Å². The molecule has 27 heavy (non-hydrogen) atoms. The van der Waals surface area contributed by atoms with Crippen molar-refractivity contribution < 1.29 is 14.5 Å². The first-order valence-corrected chi connectivity index (χ1v) is 9.50. The Morgan fingerprint density at radius 3 is 2.70 bits per heavy atom. The number of carbonyl (C=O) groups excluding carboxylic acids is 1. The van der Waals surface area contributed by atoms with E-state index in [9.17, 15) is 14.9 Å². The Labute approximate surface area is 171 Å². The van der Waals surface area contributed by atoms with Crippen molar-refractivity contribution in [1.29, 1.82) is 0 Å². The van der Waals surface area contributed by atoms with Gasteiger partial charge in [-0.3, -0.25) is 14.9 Å². The summed E-state index contributed by atoms with van der Waals surface area (Å²) < 4.78 is 7.35. The third-order valence-corrected chi connectivity index (χ3v) is 5.33. The molecule has 0 aliphatic rings. The van der Waals surface area contributed by atoms with Gasteiger partial charge in [-0.05, 0) is 57.9 Å². The number of hydrogen-bond acceptors (Lipinski definition) is 4. The van der Waals surface area contributed by atoms with Gasteiger partial charge in [-0.15, -0.1) is 0 Å². The van der Waals surface area contributed by atoms with Crippen LogP contribution in [-0.2, 0) is 4.79 Å². The maximum absolute atomic E-state index is 12.2. The highest BCUT2D eigenvalue weighted by Gasteiger charge is 2.15. The first kappa shape index (κ1) is 19.3. The predicted molar refractivity (Wildman–Crippen MR) is 111 cm³/mol. The Bertz CT molecular complexity index is 1050. The Kier molecular flexibility index (Phi) is 5.76. The third kappa shape index (κ3) is 4.28. The van der Waals surface area contributed by atoms with Crippen LogP contribution in [0.1, 0.15) is 5.56 Å². The highest BCUT2D eigenvalue weighted by atomic mass is 79.9. The van der Waals surface area contributed by atoms with E-state index in [0.717, 1.165) is 19.7 Å². The fraction of sp³-hybridized carbons (Fsp3) is 0.105. The molecule has 0 fully saturated rings. The van der Waals surface area contributed by atoms with Gasteiger partial charge < -0.3 is 10.1 Å². The van der Waals surface area contributed by atoms with E-state index in [2.05, 4.69) is 37.2 Å². The van der Waals surface area contributed by atoms with Gasteiger partial charge in [-0.25, -0.2) is 0 Å². The van der Waals surface area contributed by atoms with Crippen LogP contribution in [0, 0.1) is 17.0 Å². The molecule has 0 bridgehead atoms. The monoisotopic (exact) mass is 492 g/mol. The van der Waals surface area contributed by atoms with Crippen LogP contribution in [0.4, 0.5) is 11.4 Å². The molecule has 0 aliphatic heterocycles. The SMILES string of the molecule is Cc1c(NC(=O)COc2ccc3cc(Br)ccc3c2Br)cccc1[N+](=O)[O-]. The lowest BCUT2D eigenvalue weighted by molar-refractivity contribution is -0.385. The van der Waals surface area contributed by atoms with Crippen molar-refractivity contribution in [1.82, 2.24) is 0 Å². The predicted octanol–water partition coefficient (Wildman–Crippen LogP) is 5.60. The summed E-state index contributed by atoms with van der Waals surface area (Å²) in [7, 11) is 0. The molecule has 0 unspecified atom stereocenters. The van der Waals surface area contributed by atoms with Gasteiger partial charge in [0, 0.05) is 10.5 Å². The van der Waals surface area contributed by atoms with E-state index >= 15 is 0 Å². The maximum atomic E-state index is 12.2. The largest absolute Gasteiger partial charge is 0.483 e. The molecule has 3 rings (SSSR count). The second-order valence-corrected chi connectivity index (χ2v) is 7.50. The highest BCUT2D eigenvalue weighted by molar-refractivity contribution is 9.11. The molecule has 0 saturated carbocycles. The quantitative estimate of drug-likeness (QED) is 0.370. The topological polar surface area (TPSA) is 81.5 Å². The number of nitro benzene ring substituents is 1. The lowest BCUT2D eigenvalue weighted by Crippen LogP contribution is -2.21. The Morgan fingerprint density at radius 2 is 1.96 bits per heavy atom. The molecule has 0 heterocycles. The number of nitrogens with zero attached hydrogens (tertiary/aromatic N) is 1. The van der Waals surface area contributed by atoms with Gasteiger partial charge in [0.1, 0.15) is 5.75 Å². The minimum atomic E-state index is -0.480. The van der Waals surface area contributed by atoms with Crippen LogP contribution in [0.25, 0.3) is 10.8 Å². The fourth-order valence-corrected chi connectivity index (χ4v) is 3.63. The third-order valence-electron chi connectivity index (χ3n) is 4.02. The summed E-state index contributed by atoms with van der Waals surface area (Å²) in [5.74, 6) is 0.136. The van der Waals surface area contributed by atoms with E-state index < -0.39 is 10.8 Å². The van der Waals surface area contributed by atoms with Gasteiger partial charge in [0.2, 0.25) is 0 Å². The molecule has 3 aromatic rings. The van der Waals surface area contributed by atoms with Crippen LogP contribution >= 0.6 is 31.9 Å². The molecule has 8 heteroatoms. The lowest BCUT2D eigenvalue weighted by Gasteiger charge is -2.12. The van der Waals surface area contributed by atoms with E-state index in [-0.39, 0.29) is 12.3 Å². The molecule has 0 aromatic heterocycles. The fourth-order valence-electron chi connectivity index (χ4n) is 2.64. The first-order chi connectivity index (χ1) is 12.9. The molecule has 1 amide bonds. The van der Waals surface area contributed by atoms with Crippen molar-refractivity contribution >= 4 is 59.9 Å². The summed E-state index contributed by atoms with van der Waals surface area (Å²) >= 11 is 6.95. The van der Waals surface area contributed by atoms with Crippen LogP contribution in [0.15, 0.2) is 57.5 Å². The van der Waals surface area contributed by atoms with Crippen molar-refractivity contribution in [2.75, 3.05) is 11.9 Å². The Morgan fingerprint density at radius 1 is 1.19 bits per heavy atom. The zero-order chi connectivity index (χ0) is 19.6. The maximum Gasteiger partial charge on any atom is 0.274 e. The van der Waals surface area contributed by atoms with Gasteiger partial charge in [-0.1, -0.05) is 34.1 Å². The molecular weight excluding hydrogens is 480 g/mol. The number of hydrogen-bond donors (Lipinski definition) is 1. The van der Waals surface area contributed by atoms with Gasteiger partial charge in [0.25, 0.3) is 11.6 Å². The summed E-state index contributed by atoms with van der Waals surface area (Å²) in [4.78, 5) is 22.7. The van der Waals surface area contributed by atoms with E-state index in [0.29, 0.717) is 17.0 Å². The molecular formula is C19H14Br2N2O4. The summed E-state index contributed by atoms with van der Waals surface area (Å²) in [6, 6.07) is 14.1. The van der Waals surface area contributed by atoms with Crippen molar-refractivity contribution in [2.24, 2.45) is 0 Å². The number of benzene rings is 3. The summed E-state index contributed by atoms with van der Waals surface area (Å²) in [5, 5.41) is 15.6. The average Bonchev–Trinajstić information content (AvgIpc) is 2.62. The summed E-state index contributed by atoms with van der Waals surface area (Å²) in [6.45, 7) is 1.37. The lowest BCUT2D eigenvalue weighted by atomic mass is 10.1. The van der Waals surface area contributed by atoms with Crippen molar-refractivity contribution in [3.05, 3.63) is 73.2 Å². The first-order valence-electron chi connectivity index (χ1n) is 7.91. The number of amides is 1. The van der Waals surface area contributed by atoms with E-state index in [1.165, 1.54) is 12.1 Å². The Hall–Kier alpha value is -2.45. The summed E-state index contributed by atoms with van der Waals surface area (Å²) in [5.41, 5.74) is 0.741. The normalized spacial score (nSPS) is 10.6. The number of anilines is 1. The van der Waals surface area contributed by atoms with E-state index in [1.54, 1.807) is 19.1 Å². The molecule has 0 saturated heterocycles. The van der Waals surface area contributed by atoms with E-state index in [1.807, 2.05) is 24.3 Å². The van der Waals surface area contributed by atoms with Crippen LogP contribution < -0.4 is 10.1 Å². The minimum Gasteiger partial charge on any atom is -0.483 e. The number of ether oxygens (including phenoxy) is 1. The molecule has 138 valence electrons. The van der Waals surface area contributed by atoms with Crippen LogP contribution in [0.2, 0.25) is 0 Å². The van der Waals surface area contributed by atoms with Gasteiger partial charge >= 0.3 is 0 Å². The molecule has 0 spiro atoms. The zero-order valence-electron chi connectivity index (χ0n) is 14.2. The number of halogens is 2. The van der Waals surface area contributed by atoms with Crippen LogP contribution in [0.3, 0.4) is 0 Å². The number of carbonyl (C=O) groups is 1. The molecule has 0 radical (unpaired) electrons.